The van der Waals surface area contributed by atoms with Crippen molar-refractivity contribution in [2.24, 2.45) is 5.16 Å². The summed E-state index contributed by atoms with van der Waals surface area (Å²) in [5.41, 5.74) is 0.314. The summed E-state index contributed by atoms with van der Waals surface area (Å²) in [4.78, 5) is 0. The topological polar surface area (TPSA) is 41.8 Å². The van der Waals surface area contributed by atoms with Crippen molar-refractivity contribution in [1.82, 2.24) is 0 Å². The van der Waals surface area contributed by atoms with Crippen LogP contribution in [0.5, 0.6) is 5.75 Å². The van der Waals surface area contributed by atoms with Crippen molar-refractivity contribution in [3.05, 3.63) is 29.8 Å². The first-order chi connectivity index (χ1) is 6.51. The summed E-state index contributed by atoms with van der Waals surface area (Å²) in [6, 6.07) is 5.09. The predicted molar refractivity (Wildman–Crippen MR) is 42.5 cm³/mol. The van der Waals surface area contributed by atoms with Crippen LogP contribution in [0.2, 0.25) is 0 Å². The van der Waals surface area contributed by atoms with Gasteiger partial charge in [-0.1, -0.05) is 17.3 Å². The third kappa shape index (κ3) is 3.34. The second-order valence-electron chi connectivity index (χ2n) is 2.36. The third-order valence-electron chi connectivity index (χ3n) is 1.30. The Hall–Kier alpha value is -1.72. The number of hydrogen-bond donors (Lipinski definition) is 1. The lowest BCUT2D eigenvalue weighted by molar-refractivity contribution is -0.274. The van der Waals surface area contributed by atoms with E-state index >= 15 is 0 Å². The van der Waals surface area contributed by atoms with Gasteiger partial charge in [0.05, 0.1) is 6.21 Å². The number of nitrogens with zero attached hydrogens (tertiary/aromatic N) is 1. The average molecular weight is 205 g/mol. The maximum absolute atomic E-state index is 11.8. The standard InChI is InChI=1S/C8H6F3NO2/c9-8(10,11)14-7-3-1-2-6(4-7)5-12-13/h1-5,13H/b12-5+. The van der Waals surface area contributed by atoms with Crippen molar-refractivity contribution >= 4 is 6.21 Å². The summed E-state index contributed by atoms with van der Waals surface area (Å²) in [6.45, 7) is 0. The lowest BCUT2D eigenvalue weighted by Gasteiger charge is -2.08. The van der Waals surface area contributed by atoms with E-state index in [1.807, 2.05) is 0 Å². The van der Waals surface area contributed by atoms with Crippen LogP contribution < -0.4 is 4.74 Å². The molecule has 1 aromatic carbocycles. The van der Waals surface area contributed by atoms with Gasteiger partial charge in [0.15, 0.2) is 0 Å². The molecule has 0 aliphatic carbocycles. The van der Waals surface area contributed by atoms with Crippen LogP contribution in [0.3, 0.4) is 0 Å². The molecule has 0 radical (unpaired) electrons. The molecule has 0 atom stereocenters. The molecule has 0 spiro atoms. The van der Waals surface area contributed by atoms with Gasteiger partial charge in [-0.05, 0) is 17.7 Å². The minimum Gasteiger partial charge on any atom is -0.411 e. The fourth-order valence-corrected chi connectivity index (χ4v) is 0.859. The molecule has 1 N–H and O–H groups in total. The Labute approximate surface area is 77.4 Å². The number of oxime groups is 1. The van der Waals surface area contributed by atoms with Crippen LogP contribution in [0.25, 0.3) is 0 Å². The Morgan fingerprint density at radius 1 is 1.36 bits per heavy atom. The highest BCUT2D eigenvalue weighted by Gasteiger charge is 2.30. The summed E-state index contributed by atoms with van der Waals surface area (Å²) in [7, 11) is 0. The van der Waals surface area contributed by atoms with Gasteiger partial charge in [0.1, 0.15) is 5.75 Å². The molecular formula is C8H6F3NO2. The molecule has 1 rings (SSSR count). The first-order valence-electron chi connectivity index (χ1n) is 3.54. The van der Waals surface area contributed by atoms with Gasteiger partial charge in [-0.3, -0.25) is 0 Å². The lowest BCUT2D eigenvalue weighted by atomic mass is 10.2. The number of rotatable bonds is 2. The molecule has 6 heteroatoms. The van der Waals surface area contributed by atoms with E-state index in [1.165, 1.54) is 12.1 Å². The third-order valence-corrected chi connectivity index (χ3v) is 1.30. The molecule has 0 bridgehead atoms. The van der Waals surface area contributed by atoms with Gasteiger partial charge in [-0.15, -0.1) is 13.2 Å². The molecule has 1 aromatic rings. The molecule has 76 valence electrons. The van der Waals surface area contributed by atoms with Gasteiger partial charge < -0.3 is 9.94 Å². The lowest BCUT2D eigenvalue weighted by Crippen LogP contribution is -2.17. The predicted octanol–water partition coefficient (Wildman–Crippen LogP) is 2.39. The van der Waals surface area contributed by atoms with Gasteiger partial charge in [-0.2, -0.15) is 0 Å². The largest absolute Gasteiger partial charge is 0.573 e. The van der Waals surface area contributed by atoms with E-state index in [1.54, 1.807) is 0 Å². The van der Waals surface area contributed by atoms with Crippen LogP contribution in [0.15, 0.2) is 29.4 Å². The summed E-state index contributed by atoms with van der Waals surface area (Å²) < 4.78 is 38.9. The van der Waals surface area contributed by atoms with E-state index in [9.17, 15) is 13.2 Å². The first-order valence-corrected chi connectivity index (χ1v) is 3.54. The van der Waals surface area contributed by atoms with Crippen LogP contribution in [-0.4, -0.2) is 17.8 Å². The van der Waals surface area contributed by atoms with Crippen molar-refractivity contribution in [3.63, 3.8) is 0 Å². The fraction of sp³-hybridized carbons (Fsp3) is 0.125. The second-order valence-corrected chi connectivity index (χ2v) is 2.36. The van der Waals surface area contributed by atoms with Crippen LogP contribution in [0.1, 0.15) is 5.56 Å². The van der Waals surface area contributed by atoms with Crippen LogP contribution in [0, 0.1) is 0 Å². The number of alkyl halides is 3. The number of hydrogen-bond acceptors (Lipinski definition) is 3. The van der Waals surface area contributed by atoms with E-state index in [2.05, 4.69) is 9.89 Å². The maximum atomic E-state index is 11.8. The summed E-state index contributed by atoms with van der Waals surface area (Å²) >= 11 is 0. The van der Waals surface area contributed by atoms with Gasteiger partial charge in [0.25, 0.3) is 0 Å². The molecule has 0 saturated heterocycles. The molecule has 0 aromatic heterocycles. The minimum absolute atomic E-state index is 0.314. The molecule has 0 heterocycles. The van der Waals surface area contributed by atoms with Crippen LogP contribution in [-0.2, 0) is 0 Å². The van der Waals surface area contributed by atoms with Crippen molar-refractivity contribution < 1.29 is 23.1 Å². The van der Waals surface area contributed by atoms with E-state index in [0.29, 0.717) is 5.56 Å². The monoisotopic (exact) mass is 205 g/mol. The average Bonchev–Trinajstić information content (AvgIpc) is 2.02. The SMILES string of the molecule is O/N=C/c1cccc(OC(F)(F)F)c1. The van der Waals surface area contributed by atoms with E-state index in [0.717, 1.165) is 18.3 Å². The molecular weight excluding hydrogens is 199 g/mol. The number of ether oxygens (including phenoxy) is 1. The number of benzene rings is 1. The molecule has 14 heavy (non-hydrogen) atoms. The van der Waals surface area contributed by atoms with Crippen molar-refractivity contribution in [2.75, 3.05) is 0 Å². The Kier molecular flexibility index (Phi) is 2.95. The molecule has 0 amide bonds. The summed E-state index contributed by atoms with van der Waals surface area (Å²) in [5.74, 6) is -0.352. The zero-order valence-corrected chi connectivity index (χ0v) is 6.82. The molecule has 0 fully saturated rings. The minimum atomic E-state index is -4.71. The first kappa shape index (κ1) is 10.4. The van der Waals surface area contributed by atoms with Gasteiger partial charge in [0, 0.05) is 0 Å². The highest BCUT2D eigenvalue weighted by Crippen LogP contribution is 2.22. The van der Waals surface area contributed by atoms with Crippen molar-refractivity contribution in [1.29, 1.82) is 0 Å². The van der Waals surface area contributed by atoms with E-state index < -0.39 is 6.36 Å². The van der Waals surface area contributed by atoms with E-state index in [4.69, 9.17) is 5.21 Å². The smallest absolute Gasteiger partial charge is 0.411 e. The molecule has 3 nitrogen and oxygen atoms in total. The van der Waals surface area contributed by atoms with Gasteiger partial charge in [-0.25, -0.2) is 0 Å². The molecule has 0 aliphatic heterocycles. The maximum Gasteiger partial charge on any atom is 0.573 e. The highest BCUT2D eigenvalue weighted by molar-refractivity contribution is 5.79. The highest BCUT2D eigenvalue weighted by atomic mass is 19.4. The van der Waals surface area contributed by atoms with Crippen LogP contribution in [0.4, 0.5) is 13.2 Å². The summed E-state index contributed by atoms with van der Waals surface area (Å²) in [5, 5.41) is 10.8. The normalized spacial score (nSPS) is 11.9. The quantitative estimate of drug-likeness (QED) is 0.457. The van der Waals surface area contributed by atoms with Gasteiger partial charge in [0.2, 0.25) is 0 Å². The fourth-order valence-electron chi connectivity index (χ4n) is 0.859. The van der Waals surface area contributed by atoms with Gasteiger partial charge >= 0.3 is 6.36 Å². The van der Waals surface area contributed by atoms with Crippen molar-refractivity contribution in [2.45, 2.75) is 6.36 Å². The zero-order valence-electron chi connectivity index (χ0n) is 6.82. The molecule has 0 saturated carbocycles. The van der Waals surface area contributed by atoms with Crippen molar-refractivity contribution in [3.8, 4) is 5.75 Å². The van der Waals surface area contributed by atoms with E-state index in [-0.39, 0.29) is 5.75 Å². The number of halogens is 3. The van der Waals surface area contributed by atoms with Crippen LogP contribution >= 0.6 is 0 Å². The molecule has 0 unspecified atom stereocenters. The Bertz CT molecular complexity index is 336. The Morgan fingerprint density at radius 3 is 2.64 bits per heavy atom. The second kappa shape index (κ2) is 3.99. The Balaban J connectivity index is 2.84. The molecule has 0 aliphatic rings. The zero-order chi connectivity index (χ0) is 10.6. The summed E-state index contributed by atoms with van der Waals surface area (Å²) in [6.07, 6.45) is -3.71. The Morgan fingerprint density at radius 2 is 2.07 bits per heavy atom.